The van der Waals surface area contributed by atoms with E-state index in [-0.39, 0.29) is 12.5 Å². The maximum absolute atomic E-state index is 11.8. The molecule has 20 heavy (non-hydrogen) atoms. The van der Waals surface area contributed by atoms with Crippen molar-refractivity contribution in [3.05, 3.63) is 29.3 Å². The van der Waals surface area contributed by atoms with Crippen molar-refractivity contribution in [3.63, 3.8) is 0 Å². The van der Waals surface area contributed by atoms with Crippen molar-refractivity contribution >= 4 is 17.6 Å². The fraction of sp³-hybridized carbons (Fsp3) is 0.467. The van der Waals surface area contributed by atoms with Crippen LogP contribution >= 0.6 is 0 Å². The number of anilines is 1. The lowest BCUT2D eigenvalue weighted by Gasteiger charge is -2.12. The highest BCUT2D eigenvalue weighted by atomic mass is 16.6. The van der Waals surface area contributed by atoms with Gasteiger partial charge in [0.05, 0.1) is 0 Å². The molecule has 1 N–H and O–H groups in total. The molecule has 5 heteroatoms. The molecule has 1 aliphatic heterocycles. The van der Waals surface area contributed by atoms with Gasteiger partial charge in [-0.2, -0.15) is 0 Å². The zero-order chi connectivity index (χ0) is 14.5. The zero-order valence-electron chi connectivity index (χ0n) is 11.8. The Morgan fingerprint density at radius 2 is 2.05 bits per heavy atom. The number of esters is 1. The monoisotopic (exact) mass is 277 g/mol. The molecule has 0 aliphatic carbocycles. The molecule has 0 unspecified atom stereocenters. The van der Waals surface area contributed by atoms with Crippen molar-refractivity contribution in [1.29, 1.82) is 0 Å². The van der Waals surface area contributed by atoms with Crippen LogP contribution < -0.4 is 5.32 Å². The van der Waals surface area contributed by atoms with Gasteiger partial charge in [0, 0.05) is 12.3 Å². The quantitative estimate of drug-likeness (QED) is 0.854. The lowest BCUT2D eigenvalue weighted by Crippen LogP contribution is -2.27. The lowest BCUT2D eigenvalue weighted by atomic mass is 10.1. The predicted molar refractivity (Wildman–Crippen MR) is 74.5 cm³/mol. The number of hydrogen-bond acceptors (Lipinski definition) is 4. The SMILES string of the molecule is Cc1cccc(C)c1NC(=O)COC(=O)[C@H]1CCCO1. The van der Waals surface area contributed by atoms with Crippen molar-refractivity contribution in [2.45, 2.75) is 32.8 Å². The highest BCUT2D eigenvalue weighted by Gasteiger charge is 2.25. The Balaban J connectivity index is 1.85. The van der Waals surface area contributed by atoms with Crippen molar-refractivity contribution in [3.8, 4) is 0 Å². The Hall–Kier alpha value is -1.88. The molecule has 0 saturated carbocycles. The van der Waals surface area contributed by atoms with Gasteiger partial charge in [0.15, 0.2) is 12.7 Å². The Morgan fingerprint density at radius 3 is 2.65 bits per heavy atom. The van der Waals surface area contributed by atoms with Crippen molar-refractivity contribution in [2.75, 3.05) is 18.5 Å². The number of benzene rings is 1. The van der Waals surface area contributed by atoms with Crippen molar-refractivity contribution in [1.82, 2.24) is 0 Å². The van der Waals surface area contributed by atoms with Crippen LogP contribution in [0, 0.1) is 13.8 Å². The summed E-state index contributed by atoms with van der Waals surface area (Å²) >= 11 is 0. The van der Waals surface area contributed by atoms with E-state index in [9.17, 15) is 9.59 Å². The molecular formula is C15H19NO4. The van der Waals surface area contributed by atoms with E-state index in [1.807, 2.05) is 32.0 Å². The molecule has 1 aromatic carbocycles. The minimum absolute atomic E-state index is 0.285. The highest BCUT2D eigenvalue weighted by molar-refractivity contribution is 5.94. The minimum atomic E-state index is -0.511. The summed E-state index contributed by atoms with van der Waals surface area (Å²) in [6, 6.07) is 5.76. The fourth-order valence-electron chi connectivity index (χ4n) is 2.18. The van der Waals surface area contributed by atoms with Gasteiger partial charge in [-0.25, -0.2) is 4.79 Å². The molecule has 0 spiro atoms. The summed E-state index contributed by atoms with van der Waals surface area (Å²) in [6.45, 7) is 4.13. The number of rotatable bonds is 4. The predicted octanol–water partition coefficient (Wildman–Crippen LogP) is 1.96. The van der Waals surface area contributed by atoms with Crippen LogP contribution in [0.15, 0.2) is 18.2 Å². The summed E-state index contributed by atoms with van der Waals surface area (Å²) in [4.78, 5) is 23.4. The van der Waals surface area contributed by atoms with E-state index in [1.165, 1.54) is 0 Å². The molecule has 1 heterocycles. The number of carbonyl (C=O) groups is 2. The normalized spacial score (nSPS) is 17.8. The Labute approximate surface area is 118 Å². The van der Waals surface area contributed by atoms with E-state index in [0.29, 0.717) is 13.0 Å². The third kappa shape index (κ3) is 3.57. The smallest absolute Gasteiger partial charge is 0.335 e. The van der Waals surface area contributed by atoms with Gasteiger partial charge in [-0.05, 0) is 37.8 Å². The van der Waals surface area contributed by atoms with Crippen LogP contribution in [0.4, 0.5) is 5.69 Å². The third-order valence-electron chi connectivity index (χ3n) is 3.28. The number of ether oxygens (including phenoxy) is 2. The summed E-state index contributed by atoms with van der Waals surface area (Å²) in [5.74, 6) is -0.798. The average molecular weight is 277 g/mol. The van der Waals surface area contributed by atoms with Gasteiger partial charge in [-0.1, -0.05) is 18.2 Å². The minimum Gasteiger partial charge on any atom is -0.454 e. The Morgan fingerprint density at radius 1 is 1.35 bits per heavy atom. The van der Waals surface area contributed by atoms with Gasteiger partial charge in [0.2, 0.25) is 0 Å². The number of aryl methyl sites for hydroxylation is 2. The first-order valence-corrected chi connectivity index (χ1v) is 6.72. The summed E-state index contributed by atoms with van der Waals surface area (Å²) in [6.07, 6.45) is 1.01. The first-order chi connectivity index (χ1) is 9.58. The van der Waals surface area contributed by atoms with Crippen LogP contribution in [0.5, 0.6) is 0 Å². The fourth-order valence-corrected chi connectivity index (χ4v) is 2.18. The second-order valence-corrected chi connectivity index (χ2v) is 4.92. The summed E-state index contributed by atoms with van der Waals surface area (Å²) < 4.78 is 10.2. The van der Waals surface area contributed by atoms with Crippen LogP contribution in [0.3, 0.4) is 0 Å². The molecule has 1 aliphatic rings. The number of nitrogens with one attached hydrogen (secondary N) is 1. The number of para-hydroxylation sites is 1. The van der Waals surface area contributed by atoms with E-state index in [0.717, 1.165) is 23.2 Å². The molecule has 0 aromatic heterocycles. The molecule has 1 atom stereocenters. The zero-order valence-corrected chi connectivity index (χ0v) is 11.8. The molecule has 1 aromatic rings. The van der Waals surface area contributed by atoms with Crippen LogP contribution in [0.2, 0.25) is 0 Å². The van der Waals surface area contributed by atoms with Gasteiger partial charge in [-0.3, -0.25) is 4.79 Å². The number of hydrogen-bond donors (Lipinski definition) is 1. The van der Waals surface area contributed by atoms with Gasteiger partial charge in [-0.15, -0.1) is 0 Å². The lowest BCUT2D eigenvalue weighted by molar-refractivity contribution is -0.156. The molecule has 1 saturated heterocycles. The van der Waals surface area contributed by atoms with Crippen molar-refractivity contribution < 1.29 is 19.1 Å². The molecule has 108 valence electrons. The highest BCUT2D eigenvalue weighted by Crippen LogP contribution is 2.19. The van der Waals surface area contributed by atoms with E-state index in [2.05, 4.69) is 5.32 Å². The maximum atomic E-state index is 11.8. The summed E-state index contributed by atoms with van der Waals surface area (Å²) in [5, 5.41) is 2.77. The van der Waals surface area contributed by atoms with E-state index in [4.69, 9.17) is 9.47 Å². The standard InChI is InChI=1S/C15H19NO4/c1-10-5-3-6-11(2)14(10)16-13(17)9-20-15(18)12-7-4-8-19-12/h3,5-6,12H,4,7-9H2,1-2H3,(H,16,17)/t12-/m1/s1. The third-order valence-corrected chi connectivity index (χ3v) is 3.28. The average Bonchev–Trinajstić information content (AvgIpc) is 2.94. The molecule has 1 amide bonds. The van der Waals surface area contributed by atoms with Gasteiger partial charge < -0.3 is 14.8 Å². The summed E-state index contributed by atoms with van der Waals surface area (Å²) in [7, 11) is 0. The van der Waals surface area contributed by atoms with Crippen LogP contribution in [0.1, 0.15) is 24.0 Å². The Bertz CT molecular complexity index is 486. The molecular weight excluding hydrogens is 258 g/mol. The van der Waals surface area contributed by atoms with Crippen LogP contribution in [0.25, 0.3) is 0 Å². The largest absolute Gasteiger partial charge is 0.454 e. The van der Waals surface area contributed by atoms with Crippen molar-refractivity contribution in [2.24, 2.45) is 0 Å². The molecule has 0 bridgehead atoms. The second-order valence-electron chi connectivity index (χ2n) is 4.92. The van der Waals surface area contributed by atoms with Gasteiger partial charge in [0.1, 0.15) is 0 Å². The summed E-state index contributed by atoms with van der Waals surface area (Å²) in [5.41, 5.74) is 2.72. The molecule has 0 radical (unpaired) electrons. The maximum Gasteiger partial charge on any atom is 0.335 e. The van der Waals surface area contributed by atoms with Crippen LogP contribution in [-0.4, -0.2) is 31.2 Å². The first kappa shape index (κ1) is 14.5. The molecule has 5 nitrogen and oxygen atoms in total. The molecule has 2 rings (SSSR count). The van der Waals surface area contributed by atoms with E-state index >= 15 is 0 Å². The van der Waals surface area contributed by atoms with Gasteiger partial charge in [0.25, 0.3) is 5.91 Å². The van der Waals surface area contributed by atoms with E-state index < -0.39 is 12.1 Å². The van der Waals surface area contributed by atoms with Gasteiger partial charge >= 0.3 is 5.97 Å². The first-order valence-electron chi connectivity index (χ1n) is 6.72. The molecule has 1 fully saturated rings. The number of carbonyl (C=O) groups excluding carboxylic acids is 2. The number of amides is 1. The van der Waals surface area contributed by atoms with Crippen LogP contribution in [-0.2, 0) is 19.1 Å². The van der Waals surface area contributed by atoms with E-state index in [1.54, 1.807) is 0 Å². The topological polar surface area (TPSA) is 64.6 Å². The second kappa shape index (κ2) is 6.52. The Kier molecular flexibility index (Phi) is 4.74.